The summed E-state index contributed by atoms with van der Waals surface area (Å²) in [6.07, 6.45) is 4.17. The summed E-state index contributed by atoms with van der Waals surface area (Å²) in [5.74, 6) is 3.41. The molecule has 1 heterocycles. The molecule has 1 saturated heterocycles. The summed E-state index contributed by atoms with van der Waals surface area (Å²) in [5, 5.41) is 0. The van der Waals surface area contributed by atoms with Gasteiger partial charge in [0.05, 0.1) is 0 Å². The maximum Gasteiger partial charge on any atom is 0.163 e. The minimum Gasteiger partial charge on any atom is -0.294 e. The van der Waals surface area contributed by atoms with Gasteiger partial charge < -0.3 is 0 Å². The van der Waals surface area contributed by atoms with Gasteiger partial charge >= 0.3 is 0 Å². The molecule has 1 fully saturated rings. The average molecular weight is 248 g/mol. The predicted octanol–water partition coefficient (Wildman–Crippen LogP) is 3.97. The Morgan fingerprint density at radius 2 is 2.12 bits per heavy atom. The first-order valence-electron chi connectivity index (χ1n) is 6.49. The van der Waals surface area contributed by atoms with Crippen LogP contribution in [0.3, 0.4) is 0 Å². The second-order valence-electron chi connectivity index (χ2n) is 4.74. The van der Waals surface area contributed by atoms with Crippen molar-refractivity contribution >= 4 is 17.5 Å². The zero-order valence-corrected chi connectivity index (χ0v) is 11.3. The third-order valence-corrected chi connectivity index (χ3v) is 4.52. The van der Waals surface area contributed by atoms with Gasteiger partial charge in [0.1, 0.15) is 0 Å². The van der Waals surface area contributed by atoms with E-state index in [-0.39, 0.29) is 0 Å². The number of carbonyl (C=O) groups is 1. The first-order chi connectivity index (χ1) is 8.29. The molecule has 0 saturated carbocycles. The van der Waals surface area contributed by atoms with E-state index in [4.69, 9.17) is 0 Å². The minimum absolute atomic E-state index is 0.331. The summed E-state index contributed by atoms with van der Waals surface area (Å²) >= 11 is 2.02. The van der Waals surface area contributed by atoms with Crippen molar-refractivity contribution in [3.63, 3.8) is 0 Å². The molecule has 0 N–H and O–H groups in total. The highest BCUT2D eigenvalue weighted by atomic mass is 32.2. The maximum atomic E-state index is 12.2. The van der Waals surface area contributed by atoms with Gasteiger partial charge in [-0.1, -0.05) is 25.1 Å². The Morgan fingerprint density at radius 3 is 2.82 bits per heavy atom. The number of Topliss-reactive ketones (excluding diaryl/α,β-unsaturated/α-hetero) is 1. The molecule has 0 spiro atoms. The SMILES string of the molecule is CCc1cccc(C(=O)CC2CCSCC2)c1. The lowest BCUT2D eigenvalue weighted by Crippen LogP contribution is -2.14. The van der Waals surface area contributed by atoms with Gasteiger partial charge in [-0.05, 0) is 48.3 Å². The molecule has 2 rings (SSSR count). The zero-order valence-electron chi connectivity index (χ0n) is 10.4. The van der Waals surface area contributed by atoms with Gasteiger partial charge in [-0.15, -0.1) is 0 Å². The number of benzene rings is 1. The molecule has 2 heteroatoms. The summed E-state index contributed by atoms with van der Waals surface area (Å²) in [6, 6.07) is 8.11. The molecule has 92 valence electrons. The largest absolute Gasteiger partial charge is 0.294 e. The summed E-state index contributed by atoms with van der Waals surface area (Å²) in [7, 11) is 0. The number of hydrogen-bond acceptors (Lipinski definition) is 2. The smallest absolute Gasteiger partial charge is 0.163 e. The van der Waals surface area contributed by atoms with Crippen molar-refractivity contribution in [1.29, 1.82) is 0 Å². The maximum absolute atomic E-state index is 12.2. The quantitative estimate of drug-likeness (QED) is 0.750. The van der Waals surface area contributed by atoms with E-state index in [0.717, 1.165) is 18.4 Å². The molecule has 1 aliphatic heterocycles. The molecule has 0 atom stereocenters. The molecular weight excluding hydrogens is 228 g/mol. The van der Waals surface area contributed by atoms with Crippen LogP contribution in [0, 0.1) is 5.92 Å². The molecule has 0 bridgehead atoms. The molecule has 17 heavy (non-hydrogen) atoms. The topological polar surface area (TPSA) is 17.1 Å². The highest BCUT2D eigenvalue weighted by Gasteiger charge is 2.18. The highest BCUT2D eigenvalue weighted by Crippen LogP contribution is 2.26. The lowest BCUT2D eigenvalue weighted by molar-refractivity contribution is 0.0958. The van der Waals surface area contributed by atoms with Gasteiger partial charge in [0.15, 0.2) is 5.78 Å². The van der Waals surface area contributed by atoms with Gasteiger partial charge in [0.2, 0.25) is 0 Å². The molecule has 0 aliphatic carbocycles. The van der Waals surface area contributed by atoms with Crippen LogP contribution in [0.2, 0.25) is 0 Å². The molecule has 0 unspecified atom stereocenters. The first kappa shape index (κ1) is 12.7. The number of ketones is 1. The van der Waals surface area contributed by atoms with E-state index in [0.29, 0.717) is 11.7 Å². The van der Waals surface area contributed by atoms with Crippen molar-refractivity contribution in [3.8, 4) is 0 Å². The van der Waals surface area contributed by atoms with E-state index < -0.39 is 0 Å². The van der Waals surface area contributed by atoms with Gasteiger partial charge in [0.25, 0.3) is 0 Å². The van der Waals surface area contributed by atoms with Crippen LogP contribution in [0.4, 0.5) is 0 Å². The molecule has 0 radical (unpaired) electrons. The van der Waals surface area contributed by atoms with Gasteiger partial charge in [-0.25, -0.2) is 0 Å². The molecule has 0 amide bonds. The number of thioether (sulfide) groups is 1. The Hall–Kier alpha value is -0.760. The summed E-state index contributed by atoms with van der Waals surface area (Å²) < 4.78 is 0. The van der Waals surface area contributed by atoms with Crippen LogP contribution in [0.15, 0.2) is 24.3 Å². The van der Waals surface area contributed by atoms with E-state index in [1.165, 1.54) is 29.9 Å². The Morgan fingerprint density at radius 1 is 1.35 bits per heavy atom. The number of carbonyl (C=O) groups excluding carboxylic acids is 1. The first-order valence-corrected chi connectivity index (χ1v) is 7.65. The van der Waals surface area contributed by atoms with Crippen LogP contribution >= 0.6 is 11.8 Å². The van der Waals surface area contributed by atoms with Crippen molar-refractivity contribution in [2.45, 2.75) is 32.6 Å². The average Bonchev–Trinajstić information content (AvgIpc) is 2.40. The van der Waals surface area contributed by atoms with E-state index >= 15 is 0 Å². The Labute approximate surface area is 108 Å². The monoisotopic (exact) mass is 248 g/mol. The van der Waals surface area contributed by atoms with Crippen LogP contribution in [-0.4, -0.2) is 17.3 Å². The van der Waals surface area contributed by atoms with Crippen LogP contribution < -0.4 is 0 Å². The van der Waals surface area contributed by atoms with E-state index in [1.807, 2.05) is 23.9 Å². The third-order valence-electron chi connectivity index (χ3n) is 3.47. The molecule has 0 aromatic heterocycles. The number of rotatable bonds is 4. The van der Waals surface area contributed by atoms with Crippen molar-refractivity contribution < 1.29 is 4.79 Å². The van der Waals surface area contributed by atoms with E-state index in [2.05, 4.69) is 19.1 Å². The fourth-order valence-electron chi connectivity index (χ4n) is 2.30. The van der Waals surface area contributed by atoms with Gasteiger partial charge in [-0.2, -0.15) is 11.8 Å². The predicted molar refractivity (Wildman–Crippen MR) is 74.8 cm³/mol. The summed E-state index contributed by atoms with van der Waals surface area (Å²) in [6.45, 7) is 2.13. The second-order valence-corrected chi connectivity index (χ2v) is 5.96. The van der Waals surface area contributed by atoms with Crippen LogP contribution in [0.5, 0.6) is 0 Å². The summed E-state index contributed by atoms with van der Waals surface area (Å²) in [5.41, 5.74) is 2.16. The van der Waals surface area contributed by atoms with Crippen molar-refractivity contribution in [2.75, 3.05) is 11.5 Å². The molecular formula is C15H20OS. The lowest BCUT2D eigenvalue weighted by Gasteiger charge is -2.20. The standard InChI is InChI=1S/C15H20OS/c1-2-12-4-3-5-14(10-12)15(16)11-13-6-8-17-9-7-13/h3-5,10,13H,2,6-9,11H2,1H3. The fraction of sp³-hybridized carbons (Fsp3) is 0.533. The summed E-state index contributed by atoms with van der Waals surface area (Å²) in [4.78, 5) is 12.2. The highest BCUT2D eigenvalue weighted by molar-refractivity contribution is 7.99. The lowest BCUT2D eigenvalue weighted by atomic mass is 9.93. The minimum atomic E-state index is 0.331. The Balaban J connectivity index is 1.98. The van der Waals surface area contributed by atoms with E-state index in [9.17, 15) is 4.79 Å². The number of aryl methyl sites for hydroxylation is 1. The normalized spacial score (nSPS) is 17.0. The Bertz CT molecular complexity index is 380. The zero-order chi connectivity index (χ0) is 12.1. The van der Waals surface area contributed by atoms with Gasteiger partial charge in [-0.3, -0.25) is 4.79 Å². The van der Waals surface area contributed by atoms with E-state index in [1.54, 1.807) is 0 Å². The Kier molecular flexibility index (Phi) is 4.66. The van der Waals surface area contributed by atoms with Crippen LogP contribution in [0.1, 0.15) is 42.1 Å². The van der Waals surface area contributed by atoms with Crippen molar-refractivity contribution in [1.82, 2.24) is 0 Å². The third kappa shape index (κ3) is 3.60. The molecule has 1 aromatic rings. The molecule has 1 aromatic carbocycles. The molecule has 1 nitrogen and oxygen atoms in total. The molecule has 1 aliphatic rings. The van der Waals surface area contributed by atoms with Crippen LogP contribution in [0.25, 0.3) is 0 Å². The van der Waals surface area contributed by atoms with Crippen molar-refractivity contribution in [2.24, 2.45) is 5.92 Å². The fourth-order valence-corrected chi connectivity index (χ4v) is 3.50. The van der Waals surface area contributed by atoms with Gasteiger partial charge in [0, 0.05) is 12.0 Å². The second kappa shape index (κ2) is 6.25. The van der Waals surface area contributed by atoms with Crippen LogP contribution in [-0.2, 0) is 6.42 Å². The number of hydrogen-bond donors (Lipinski definition) is 0. The van der Waals surface area contributed by atoms with Crippen molar-refractivity contribution in [3.05, 3.63) is 35.4 Å².